The molecule has 4 aromatic carbocycles. The van der Waals surface area contributed by atoms with E-state index in [1.54, 1.807) is 23.1 Å². The summed E-state index contributed by atoms with van der Waals surface area (Å²) in [6.45, 7) is 0.413. The van der Waals surface area contributed by atoms with Crippen molar-refractivity contribution in [2.45, 2.75) is 18.5 Å². The van der Waals surface area contributed by atoms with Crippen LogP contribution in [0.4, 0.5) is 11.4 Å². The van der Waals surface area contributed by atoms with Gasteiger partial charge in [0.25, 0.3) is 5.91 Å². The molecule has 0 saturated heterocycles. The largest absolute Gasteiger partial charge is 0.305 e. The van der Waals surface area contributed by atoms with Crippen molar-refractivity contribution < 1.29 is 10.0 Å². The van der Waals surface area contributed by atoms with E-state index in [-0.39, 0.29) is 12.3 Å². The van der Waals surface area contributed by atoms with Crippen LogP contribution in [0.1, 0.15) is 16.7 Å². The molecule has 1 heterocycles. The van der Waals surface area contributed by atoms with Crippen molar-refractivity contribution in [1.82, 2.24) is 0 Å². The number of carbonyl (C=O) groups excluding carboxylic acids is 1. The Morgan fingerprint density at radius 1 is 0.788 bits per heavy atom. The Labute approximate surface area is 198 Å². The number of para-hydroxylation sites is 2. The lowest BCUT2D eigenvalue weighted by molar-refractivity contribution is -0.125. The van der Waals surface area contributed by atoms with E-state index in [4.69, 9.17) is 11.6 Å². The van der Waals surface area contributed by atoms with Crippen LogP contribution in [0, 0.1) is 0 Å². The smallest absolute Gasteiger partial charge is 0.260 e. The number of benzene rings is 4. The number of hydroxylamine groups is 1. The van der Waals surface area contributed by atoms with E-state index >= 15 is 0 Å². The Bertz CT molecular complexity index is 1280. The normalized spacial score (nSPS) is 17.2. The Balaban J connectivity index is 1.68. The predicted octanol–water partition coefficient (Wildman–Crippen LogP) is 6.22. The highest BCUT2D eigenvalue weighted by molar-refractivity contribution is 6.30. The molecule has 1 amide bonds. The zero-order valence-corrected chi connectivity index (χ0v) is 18.7. The van der Waals surface area contributed by atoms with Gasteiger partial charge in [-0.15, -0.1) is 0 Å². The topological polar surface area (TPSA) is 43.8 Å². The first kappa shape index (κ1) is 21.3. The van der Waals surface area contributed by atoms with Crippen molar-refractivity contribution in [3.63, 3.8) is 0 Å². The Hall–Kier alpha value is -3.60. The highest BCUT2D eigenvalue weighted by Gasteiger charge is 2.55. The number of anilines is 2. The third-order valence-corrected chi connectivity index (χ3v) is 6.37. The van der Waals surface area contributed by atoms with E-state index in [0.29, 0.717) is 17.3 Å². The van der Waals surface area contributed by atoms with Crippen LogP contribution in [0.15, 0.2) is 109 Å². The van der Waals surface area contributed by atoms with Gasteiger partial charge in [-0.3, -0.25) is 10.0 Å². The van der Waals surface area contributed by atoms with Gasteiger partial charge in [0.15, 0.2) is 5.54 Å². The predicted molar refractivity (Wildman–Crippen MR) is 132 cm³/mol. The summed E-state index contributed by atoms with van der Waals surface area (Å²) >= 11 is 6.27. The minimum Gasteiger partial charge on any atom is -0.305 e. The summed E-state index contributed by atoms with van der Waals surface area (Å²) in [6, 6.07) is 34.2. The molecule has 5 heteroatoms. The molecule has 4 aromatic rings. The summed E-state index contributed by atoms with van der Waals surface area (Å²) in [5, 5.41) is 13.4. The first-order valence-corrected chi connectivity index (χ1v) is 11.2. The molecular weight excluding hydrogens is 432 g/mol. The molecule has 1 aliphatic rings. The number of amides is 1. The van der Waals surface area contributed by atoms with Gasteiger partial charge in [0.05, 0.1) is 17.9 Å². The minimum atomic E-state index is -1.34. The van der Waals surface area contributed by atoms with Crippen LogP contribution in [0.25, 0.3) is 0 Å². The molecule has 4 nitrogen and oxygen atoms in total. The fourth-order valence-corrected chi connectivity index (χ4v) is 4.82. The first-order chi connectivity index (χ1) is 16.1. The van der Waals surface area contributed by atoms with E-state index in [1.165, 1.54) is 0 Å². The maximum absolute atomic E-state index is 14.3. The van der Waals surface area contributed by atoms with Crippen LogP contribution in [0.2, 0.25) is 5.02 Å². The number of rotatable bonds is 6. The summed E-state index contributed by atoms with van der Waals surface area (Å²) < 4.78 is 0. The Morgan fingerprint density at radius 3 is 2.15 bits per heavy atom. The minimum absolute atomic E-state index is 0.182. The van der Waals surface area contributed by atoms with Gasteiger partial charge in [-0.25, -0.2) is 5.06 Å². The molecule has 1 N–H and O–H groups in total. The van der Waals surface area contributed by atoms with Gasteiger partial charge in [0.2, 0.25) is 0 Å². The molecule has 0 aromatic heterocycles. The van der Waals surface area contributed by atoms with Crippen LogP contribution in [0.5, 0.6) is 0 Å². The van der Waals surface area contributed by atoms with E-state index in [1.807, 2.05) is 91.0 Å². The second kappa shape index (κ2) is 8.74. The third-order valence-electron chi connectivity index (χ3n) is 6.13. The van der Waals surface area contributed by atoms with Gasteiger partial charge >= 0.3 is 0 Å². The highest BCUT2D eigenvalue weighted by atomic mass is 35.5. The number of hydrogen-bond acceptors (Lipinski definition) is 3. The average Bonchev–Trinajstić information content (AvgIpc) is 3.08. The summed E-state index contributed by atoms with van der Waals surface area (Å²) in [5.74, 6) is -0.182. The maximum atomic E-state index is 14.3. The van der Waals surface area contributed by atoms with E-state index in [2.05, 4.69) is 0 Å². The van der Waals surface area contributed by atoms with Crippen molar-refractivity contribution in [3.05, 3.63) is 131 Å². The van der Waals surface area contributed by atoms with Crippen molar-refractivity contribution >= 4 is 28.9 Å². The average molecular weight is 455 g/mol. The van der Waals surface area contributed by atoms with Crippen molar-refractivity contribution in [1.29, 1.82) is 0 Å². The molecule has 1 atom stereocenters. The van der Waals surface area contributed by atoms with Crippen LogP contribution < -0.4 is 9.96 Å². The van der Waals surface area contributed by atoms with E-state index < -0.39 is 5.54 Å². The summed E-state index contributed by atoms with van der Waals surface area (Å²) in [4.78, 5) is 16.0. The number of hydrogen-bond donors (Lipinski definition) is 1. The van der Waals surface area contributed by atoms with Crippen LogP contribution in [-0.4, -0.2) is 11.1 Å². The summed E-state index contributed by atoms with van der Waals surface area (Å²) in [6.07, 6.45) is 0.264. The van der Waals surface area contributed by atoms with Gasteiger partial charge in [-0.2, -0.15) is 0 Å². The number of nitrogens with zero attached hydrogens (tertiary/aromatic N) is 2. The monoisotopic (exact) mass is 454 g/mol. The molecule has 0 unspecified atom stereocenters. The lowest BCUT2D eigenvalue weighted by Crippen LogP contribution is -2.53. The molecule has 0 radical (unpaired) electrons. The zero-order chi connectivity index (χ0) is 22.8. The van der Waals surface area contributed by atoms with Crippen LogP contribution in [-0.2, 0) is 23.3 Å². The quantitative estimate of drug-likeness (QED) is 0.352. The highest BCUT2D eigenvalue weighted by Crippen LogP contribution is 2.47. The molecule has 0 spiro atoms. The molecule has 0 fully saturated rings. The summed E-state index contributed by atoms with van der Waals surface area (Å²) in [7, 11) is 0. The van der Waals surface area contributed by atoms with Crippen LogP contribution in [0.3, 0.4) is 0 Å². The molecule has 164 valence electrons. The second-order valence-electron chi connectivity index (χ2n) is 8.21. The fourth-order valence-electron chi connectivity index (χ4n) is 4.61. The lowest BCUT2D eigenvalue weighted by Gasteiger charge is -2.37. The number of carbonyl (C=O) groups is 1. The molecule has 0 bridgehead atoms. The molecule has 33 heavy (non-hydrogen) atoms. The van der Waals surface area contributed by atoms with Gasteiger partial charge in [-0.05, 0) is 41.5 Å². The maximum Gasteiger partial charge on any atom is 0.260 e. The van der Waals surface area contributed by atoms with Gasteiger partial charge < -0.3 is 4.90 Å². The molecular formula is C28H23ClN2O2. The second-order valence-corrected chi connectivity index (χ2v) is 8.64. The van der Waals surface area contributed by atoms with E-state index in [0.717, 1.165) is 27.4 Å². The van der Waals surface area contributed by atoms with E-state index in [9.17, 15) is 10.0 Å². The van der Waals surface area contributed by atoms with Gasteiger partial charge in [0, 0.05) is 17.0 Å². The van der Waals surface area contributed by atoms with Crippen molar-refractivity contribution in [2.75, 3.05) is 9.96 Å². The third kappa shape index (κ3) is 3.78. The number of halogens is 1. The Morgan fingerprint density at radius 2 is 1.42 bits per heavy atom. The zero-order valence-electron chi connectivity index (χ0n) is 17.9. The SMILES string of the molecule is O=C1N(Cc2ccccc2)c2ccccc2[C@]1(Cc1cccc(Cl)c1)N(O)c1ccccc1. The van der Waals surface area contributed by atoms with Crippen molar-refractivity contribution in [3.8, 4) is 0 Å². The Kier molecular flexibility index (Phi) is 5.63. The fraction of sp³-hybridized carbons (Fsp3) is 0.107. The van der Waals surface area contributed by atoms with Gasteiger partial charge in [-0.1, -0.05) is 90.5 Å². The molecule has 0 aliphatic carbocycles. The molecule has 0 saturated carbocycles. The number of fused-ring (bicyclic) bond motifs is 1. The lowest BCUT2D eigenvalue weighted by atomic mass is 9.84. The molecule has 5 rings (SSSR count). The standard InChI is InChI=1S/C28H23ClN2O2/c29-23-13-9-12-22(18-23)19-28(31(33)24-14-5-2-6-15-24)25-16-7-8-17-26(25)30(27(28)32)20-21-10-3-1-4-11-21/h1-18,33H,19-20H2/t28-/m0/s1. The van der Waals surface area contributed by atoms with Gasteiger partial charge in [0.1, 0.15) is 0 Å². The van der Waals surface area contributed by atoms with Crippen molar-refractivity contribution in [2.24, 2.45) is 0 Å². The molecule has 1 aliphatic heterocycles. The first-order valence-electron chi connectivity index (χ1n) is 10.8. The van der Waals surface area contributed by atoms with Crippen LogP contribution >= 0.6 is 11.6 Å². The summed E-state index contributed by atoms with van der Waals surface area (Å²) in [5.41, 5.74) is 2.65.